The van der Waals surface area contributed by atoms with Gasteiger partial charge < -0.3 is 10.1 Å². The van der Waals surface area contributed by atoms with Crippen LogP contribution in [-0.2, 0) is 11.2 Å². The number of hydrogen-bond donors (Lipinski definition) is 1. The highest BCUT2D eigenvalue weighted by atomic mass is 16.5. The average Bonchev–Trinajstić information content (AvgIpc) is 2.74. The Hall–Kier alpha value is -0.860. The van der Waals surface area contributed by atoms with Gasteiger partial charge in [-0.2, -0.15) is 0 Å². The van der Waals surface area contributed by atoms with Gasteiger partial charge in [-0.25, -0.2) is 0 Å². The number of nitrogens with one attached hydrogen (secondary N) is 1. The lowest BCUT2D eigenvalue weighted by Crippen LogP contribution is -2.41. The zero-order valence-electron chi connectivity index (χ0n) is 12.7. The van der Waals surface area contributed by atoms with Crippen molar-refractivity contribution < 1.29 is 4.74 Å². The number of aryl methyl sites for hydroxylation is 2. The average molecular weight is 261 g/mol. The van der Waals surface area contributed by atoms with Crippen LogP contribution >= 0.6 is 0 Å². The minimum absolute atomic E-state index is 0.371. The molecule has 1 aliphatic heterocycles. The molecule has 19 heavy (non-hydrogen) atoms. The predicted octanol–water partition coefficient (Wildman–Crippen LogP) is 3.39. The van der Waals surface area contributed by atoms with E-state index in [1.807, 2.05) is 0 Å². The highest BCUT2D eigenvalue weighted by Crippen LogP contribution is 2.24. The Kier molecular flexibility index (Phi) is 5.00. The SMILES string of the molecule is CCNC(Cc1cc(C)cc(C)c1)C1CCC(C)O1. The smallest absolute Gasteiger partial charge is 0.0735 e. The molecule has 0 aromatic heterocycles. The van der Waals surface area contributed by atoms with Crippen molar-refractivity contribution in [2.45, 2.75) is 65.2 Å². The maximum atomic E-state index is 6.05. The van der Waals surface area contributed by atoms with Crippen molar-refractivity contribution in [2.75, 3.05) is 6.54 Å². The normalized spacial score (nSPS) is 24.6. The van der Waals surface area contributed by atoms with E-state index >= 15 is 0 Å². The third-order valence-corrected chi connectivity index (χ3v) is 3.92. The highest BCUT2D eigenvalue weighted by molar-refractivity contribution is 5.29. The Morgan fingerprint density at radius 3 is 2.42 bits per heavy atom. The molecule has 3 unspecified atom stereocenters. The van der Waals surface area contributed by atoms with E-state index in [-0.39, 0.29) is 0 Å². The second-order valence-electron chi connectivity index (χ2n) is 5.93. The molecule has 1 fully saturated rings. The zero-order chi connectivity index (χ0) is 13.8. The van der Waals surface area contributed by atoms with Gasteiger partial charge in [0, 0.05) is 6.04 Å². The first-order chi connectivity index (χ1) is 9.08. The van der Waals surface area contributed by atoms with Crippen molar-refractivity contribution in [1.29, 1.82) is 0 Å². The quantitative estimate of drug-likeness (QED) is 0.877. The van der Waals surface area contributed by atoms with Gasteiger partial charge in [-0.15, -0.1) is 0 Å². The molecule has 1 saturated heterocycles. The first kappa shape index (κ1) is 14.5. The van der Waals surface area contributed by atoms with Crippen LogP contribution in [0.5, 0.6) is 0 Å². The third kappa shape index (κ3) is 4.05. The maximum Gasteiger partial charge on any atom is 0.0735 e. The molecule has 0 saturated carbocycles. The minimum Gasteiger partial charge on any atom is -0.374 e. The Morgan fingerprint density at radius 1 is 1.21 bits per heavy atom. The van der Waals surface area contributed by atoms with E-state index in [0.717, 1.165) is 13.0 Å². The van der Waals surface area contributed by atoms with E-state index in [1.165, 1.54) is 29.5 Å². The van der Waals surface area contributed by atoms with E-state index in [4.69, 9.17) is 4.74 Å². The molecular weight excluding hydrogens is 234 g/mol. The summed E-state index contributed by atoms with van der Waals surface area (Å²) in [5, 5.41) is 3.61. The van der Waals surface area contributed by atoms with Gasteiger partial charge in [-0.3, -0.25) is 0 Å². The number of rotatable bonds is 5. The van der Waals surface area contributed by atoms with Crippen LogP contribution in [0.25, 0.3) is 0 Å². The molecule has 106 valence electrons. The molecule has 0 amide bonds. The molecule has 0 spiro atoms. The van der Waals surface area contributed by atoms with Crippen LogP contribution in [0.4, 0.5) is 0 Å². The summed E-state index contributed by atoms with van der Waals surface area (Å²) in [5.41, 5.74) is 4.13. The van der Waals surface area contributed by atoms with Crippen molar-refractivity contribution >= 4 is 0 Å². The predicted molar refractivity (Wildman–Crippen MR) is 80.7 cm³/mol. The Morgan fingerprint density at radius 2 is 1.89 bits per heavy atom. The van der Waals surface area contributed by atoms with Gasteiger partial charge in [0.15, 0.2) is 0 Å². The van der Waals surface area contributed by atoms with Crippen molar-refractivity contribution in [3.63, 3.8) is 0 Å². The van der Waals surface area contributed by atoms with E-state index < -0.39 is 0 Å². The van der Waals surface area contributed by atoms with Gasteiger partial charge >= 0.3 is 0 Å². The van der Waals surface area contributed by atoms with Gasteiger partial charge in [-0.05, 0) is 52.1 Å². The maximum absolute atomic E-state index is 6.05. The summed E-state index contributed by atoms with van der Waals surface area (Å²) in [5.74, 6) is 0. The minimum atomic E-state index is 0.371. The molecule has 1 aromatic carbocycles. The van der Waals surface area contributed by atoms with Crippen LogP contribution in [0.3, 0.4) is 0 Å². The fourth-order valence-corrected chi connectivity index (χ4v) is 3.17. The van der Waals surface area contributed by atoms with Gasteiger partial charge in [0.2, 0.25) is 0 Å². The highest BCUT2D eigenvalue weighted by Gasteiger charge is 2.29. The van der Waals surface area contributed by atoms with Crippen LogP contribution in [0.15, 0.2) is 18.2 Å². The summed E-state index contributed by atoms with van der Waals surface area (Å²) in [6.45, 7) is 9.70. The van der Waals surface area contributed by atoms with Crippen molar-refractivity contribution in [3.8, 4) is 0 Å². The van der Waals surface area contributed by atoms with Gasteiger partial charge in [0.05, 0.1) is 12.2 Å². The summed E-state index contributed by atoms with van der Waals surface area (Å²) >= 11 is 0. The lowest BCUT2D eigenvalue weighted by Gasteiger charge is -2.25. The van der Waals surface area contributed by atoms with Crippen LogP contribution in [0.1, 0.15) is 43.4 Å². The third-order valence-electron chi connectivity index (χ3n) is 3.92. The molecule has 1 heterocycles. The molecule has 3 atom stereocenters. The molecule has 1 aliphatic rings. The van der Waals surface area contributed by atoms with Gasteiger partial charge in [0.1, 0.15) is 0 Å². The first-order valence-electron chi connectivity index (χ1n) is 7.54. The second-order valence-corrected chi connectivity index (χ2v) is 5.93. The van der Waals surface area contributed by atoms with Crippen LogP contribution in [0.2, 0.25) is 0 Å². The summed E-state index contributed by atoms with van der Waals surface area (Å²) < 4.78 is 6.05. The zero-order valence-corrected chi connectivity index (χ0v) is 12.7. The monoisotopic (exact) mass is 261 g/mol. The molecule has 1 N–H and O–H groups in total. The number of likely N-dealkylation sites (N-methyl/N-ethyl adjacent to an activating group) is 1. The van der Waals surface area contributed by atoms with Crippen LogP contribution < -0.4 is 5.32 Å². The second kappa shape index (κ2) is 6.53. The molecule has 0 bridgehead atoms. The first-order valence-corrected chi connectivity index (χ1v) is 7.54. The largest absolute Gasteiger partial charge is 0.374 e. The molecular formula is C17H27NO. The van der Waals surface area contributed by atoms with Crippen molar-refractivity contribution in [2.24, 2.45) is 0 Å². The molecule has 2 heteroatoms. The topological polar surface area (TPSA) is 21.3 Å². The summed E-state index contributed by atoms with van der Waals surface area (Å²) in [4.78, 5) is 0. The van der Waals surface area contributed by atoms with Crippen molar-refractivity contribution in [1.82, 2.24) is 5.32 Å². The summed E-state index contributed by atoms with van der Waals surface area (Å²) in [6.07, 6.45) is 4.23. The van der Waals surface area contributed by atoms with Crippen LogP contribution in [-0.4, -0.2) is 24.8 Å². The number of benzene rings is 1. The fourth-order valence-electron chi connectivity index (χ4n) is 3.17. The van der Waals surface area contributed by atoms with Crippen LogP contribution in [0, 0.1) is 13.8 Å². The number of hydrogen-bond acceptors (Lipinski definition) is 2. The molecule has 1 aromatic rings. The number of ether oxygens (including phenoxy) is 1. The lowest BCUT2D eigenvalue weighted by atomic mass is 9.96. The lowest BCUT2D eigenvalue weighted by molar-refractivity contribution is 0.0324. The Labute approximate surface area is 117 Å². The van der Waals surface area contributed by atoms with E-state index in [9.17, 15) is 0 Å². The molecule has 0 radical (unpaired) electrons. The standard InChI is InChI=1S/C17H27NO/c1-5-18-16(17-7-6-14(4)19-17)11-15-9-12(2)8-13(3)10-15/h8-10,14,16-18H,5-7,11H2,1-4H3. The van der Waals surface area contributed by atoms with E-state index in [0.29, 0.717) is 18.2 Å². The molecule has 2 rings (SSSR count). The molecule has 0 aliphatic carbocycles. The summed E-state index contributed by atoms with van der Waals surface area (Å²) in [7, 11) is 0. The van der Waals surface area contributed by atoms with E-state index in [1.54, 1.807) is 0 Å². The molecule has 2 nitrogen and oxygen atoms in total. The fraction of sp³-hybridized carbons (Fsp3) is 0.647. The summed E-state index contributed by atoms with van der Waals surface area (Å²) in [6, 6.07) is 7.28. The van der Waals surface area contributed by atoms with Gasteiger partial charge in [-0.1, -0.05) is 36.2 Å². The van der Waals surface area contributed by atoms with Crippen molar-refractivity contribution in [3.05, 3.63) is 34.9 Å². The Bertz CT molecular complexity index is 395. The Balaban J connectivity index is 2.07. The van der Waals surface area contributed by atoms with Gasteiger partial charge in [0.25, 0.3) is 0 Å². The van der Waals surface area contributed by atoms with E-state index in [2.05, 4.69) is 51.2 Å².